The molecule has 1 aliphatic rings. The van der Waals surface area contributed by atoms with E-state index in [4.69, 9.17) is 0 Å². The molecule has 2 aromatic heterocycles. The number of rotatable bonds is 5. The molecule has 1 aliphatic heterocycles. The molecule has 2 aromatic rings. The largest absolute Gasteiger partial charge is 0.342 e. The maximum absolute atomic E-state index is 12.5. The lowest BCUT2D eigenvalue weighted by Gasteiger charge is -2.32. The molecule has 0 spiro atoms. The SMILES string of the molecule is Cc1ccc(NC(=O)C2CCCN(C(=O)CCn3cc(C)cn3)C2)nc1. The number of nitrogens with one attached hydrogen (secondary N) is 1. The van der Waals surface area contributed by atoms with E-state index in [1.807, 2.05) is 26.1 Å². The van der Waals surface area contributed by atoms with E-state index in [-0.39, 0.29) is 17.7 Å². The van der Waals surface area contributed by atoms with Crippen LogP contribution in [0.1, 0.15) is 30.4 Å². The fourth-order valence-electron chi connectivity index (χ4n) is 3.15. The quantitative estimate of drug-likeness (QED) is 0.891. The van der Waals surface area contributed by atoms with Crippen LogP contribution in [0.4, 0.5) is 5.82 Å². The van der Waals surface area contributed by atoms with Gasteiger partial charge in [-0.1, -0.05) is 6.07 Å². The standard InChI is InChI=1S/C19H25N5O2/c1-14-5-6-17(20-10-14)22-19(26)16-4-3-8-23(13-16)18(25)7-9-24-12-15(2)11-21-24/h5-6,10-12,16H,3-4,7-9,13H2,1-2H3,(H,20,22,26). The lowest BCUT2D eigenvalue weighted by Crippen LogP contribution is -2.44. The van der Waals surface area contributed by atoms with Gasteiger partial charge in [0.25, 0.3) is 0 Å². The highest BCUT2D eigenvalue weighted by Gasteiger charge is 2.28. The maximum Gasteiger partial charge on any atom is 0.230 e. The van der Waals surface area contributed by atoms with Gasteiger partial charge < -0.3 is 10.2 Å². The van der Waals surface area contributed by atoms with E-state index >= 15 is 0 Å². The highest BCUT2D eigenvalue weighted by Crippen LogP contribution is 2.19. The maximum atomic E-state index is 12.5. The van der Waals surface area contributed by atoms with Gasteiger partial charge in [-0.3, -0.25) is 14.3 Å². The summed E-state index contributed by atoms with van der Waals surface area (Å²) in [4.78, 5) is 31.0. The first-order valence-corrected chi connectivity index (χ1v) is 9.01. The molecule has 138 valence electrons. The van der Waals surface area contributed by atoms with E-state index in [0.29, 0.717) is 31.9 Å². The molecule has 3 rings (SSSR count). The summed E-state index contributed by atoms with van der Waals surface area (Å²) in [5.74, 6) is 0.367. The Kier molecular flexibility index (Phi) is 5.65. The van der Waals surface area contributed by atoms with Crippen molar-refractivity contribution >= 4 is 17.6 Å². The normalized spacial score (nSPS) is 17.2. The lowest BCUT2D eigenvalue weighted by molar-refractivity contribution is -0.134. The number of anilines is 1. The third-order valence-electron chi connectivity index (χ3n) is 4.62. The van der Waals surface area contributed by atoms with Crippen molar-refractivity contribution in [3.05, 3.63) is 41.9 Å². The van der Waals surface area contributed by atoms with Crippen molar-refractivity contribution in [3.63, 3.8) is 0 Å². The minimum absolute atomic E-state index is 0.0680. The van der Waals surface area contributed by atoms with Crippen LogP contribution in [0.25, 0.3) is 0 Å². The molecule has 0 bridgehead atoms. The second-order valence-corrected chi connectivity index (χ2v) is 6.92. The summed E-state index contributed by atoms with van der Waals surface area (Å²) in [7, 11) is 0. The van der Waals surface area contributed by atoms with E-state index in [2.05, 4.69) is 15.4 Å². The monoisotopic (exact) mass is 355 g/mol. The Balaban J connectivity index is 1.51. The number of hydrogen-bond acceptors (Lipinski definition) is 4. The van der Waals surface area contributed by atoms with Gasteiger partial charge in [0.2, 0.25) is 11.8 Å². The Morgan fingerprint density at radius 1 is 1.23 bits per heavy atom. The van der Waals surface area contributed by atoms with Crippen LogP contribution in [-0.2, 0) is 16.1 Å². The molecule has 1 N–H and O–H groups in total. The molecule has 7 nitrogen and oxygen atoms in total. The number of nitrogens with zero attached hydrogens (tertiary/aromatic N) is 4. The average Bonchev–Trinajstić information content (AvgIpc) is 3.07. The fourth-order valence-corrected chi connectivity index (χ4v) is 3.15. The molecule has 3 heterocycles. The topological polar surface area (TPSA) is 80.1 Å². The molecule has 1 atom stereocenters. The van der Waals surface area contributed by atoms with Crippen molar-refractivity contribution in [1.82, 2.24) is 19.7 Å². The summed E-state index contributed by atoms with van der Waals surface area (Å²) < 4.78 is 1.78. The molecule has 1 fully saturated rings. The summed E-state index contributed by atoms with van der Waals surface area (Å²) in [6.45, 7) is 5.67. The molecule has 2 amide bonds. The van der Waals surface area contributed by atoms with Gasteiger partial charge in [-0.15, -0.1) is 0 Å². The van der Waals surface area contributed by atoms with Crippen LogP contribution >= 0.6 is 0 Å². The van der Waals surface area contributed by atoms with Gasteiger partial charge in [0.05, 0.1) is 12.1 Å². The van der Waals surface area contributed by atoms with Gasteiger partial charge in [0, 0.05) is 38.4 Å². The molecule has 26 heavy (non-hydrogen) atoms. The van der Waals surface area contributed by atoms with Gasteiger partial charge in [0.15, 0.2) is 0 Å². The second kappa shape index (κ2) is 8.12. The van der Waals surface area contributed by atoms with Crippen LogP contribution in [-0.4, -0.2) is 44.6 Å². The van der Waals surface area contributed by atoms with Crippen molar-refractivity contribution in [2.45, 2.75) is 39.7 Å². The smallest absolute Gasteiger partial charge is 0.230 e. The molecule has 0 aromatic carbocycles. The summed E-state index contributed by atoms with van der Waals surface area (Å²) >= 11 is 0. The predicted octanol–water partition coefficient (Wildman–Crippen LogP) is 2.16. The molecule has 1 saturated heterocycles. The first-order valence-electron chi connectivity index (χ1n) is 9.01. The lowest BCUT2D eigenvalue weighted by atomic mass is 9.97. The van der Waals surface area contributed by atoms with Crippen molar-refractivity contribution in [3.8, 4) is 0 Å². The van der Waals surface area contributed by atoms with Crippen molar-refractivity contribution in [1.29, 1.82) is 0 Å². The van der Waals surface area contributed by atoms with Crippen LogP contribution in [0.15, 0.2) is 30.7 Å². The first-order chi connectivity index (χ1) is 12.5. The number of likely N-dealkylation sites (tertiary alicyclic amines) is 1. The number of carbonyl (C=O) groups excluding carboxylic acids is 2. The summed E-state index contributed by atoms with van der Waals surface area (Å²) in [6.07, 6.45) is 7.46. The number of pyridine rings is 1. The minimum Gasteiger partial charge on any atom is -0.342 e. The molecular weight excluding hydrogens is 330 g/mol. The van der Waals surface area contributed by atoms with Crippen LogP contribution in [0.2, 0.25) is 0 Å². The van der Waals surface area contributed by atoms with E-state index < -0.39 is 0 Å². The first kappa shape index (κ1) is 18.1. The zero-order valence-electron chi connectivity index (χ0n) is 15.3. The van der Waals surface area contributed by atoms with Crippen LogP contribution < -0.4 is 5.32 Å². The highest BCUT2D eigenvalue weighted by atomic mass is 16.2. The van der Waals surface area contributed by atoms with Crippen LogP contribution in [0.3, 0.4) is 0 Å². The molecule has 7 heteroatoms. The van der Waals surface area contributed by atoms with Gasteiger partial charge in [-0.2, -0.15) is 5.10 Å². The minimum atomic E-state index is -0.192. The van der Waals surface area contributed by atoms with Crippen LogP contribution in [0.5, 0.6) is 0 Å². The summed E-state index contributed by atoms with van der Waals surface area (Å²) in [6, 6.07) is 3.71. The zero-order valence-corrected chi connectivity index (χ0v) is 15.3. The third kappa shape index (κ3) is 4.68. The molecule has 0 radical (unpaired) electrons. The predicted molar refractivity (Wildman–Crippen MR) is 98.5 cm³/mol. The molecule has 0 aliphatic carbocycles. The Hall–Kier alpha value is -2.70. The summed E-state index contributed by atoms with van der Waals surface area (Å²) in [5, 5.41) is 7.06. The number of aryl methyl sites for hydroxylation is 3. The van der Waals surface area contributed by atoms with E-state index in [1.165, 1.54) is 0 Å². The Morgan fingerprint density at radius 3 is 2.77 bits per heavy atom. The molecule has 0 saturated carbocycles. The Bertz CT molecular complexity index is 768. The average molecular weight is 355 g/mol. The van der Waals surface area contributed by atoms with Gasteiger partial charge in [0.1, 0.15) is 5.82 Å². The number of carbonyl (C=O) groups is 2. The number of aromatic nitrogens is 3. The molecule has 1 unspecified atom stereocenters. The highest BCUT2D eigenvalue weighted by molar-refractivity contribution is 5.92. The van der Waals surface area contributed by atoms with E-state index in [1.54, 1.807) is 28.0 Å². The van der Waals surface area contributed by atoms with Crippen molar-refractivity contribution in [2.75, 3.05) is 18.4 Å². The van der Waals surface area contributed by atoms with Crippen LogP contribution in [0, 0.1) is 19.8 Å². The Labute approximate surface area is 153 Å². The number of hydrogen-bond donors (Lipinski definition) is 1. The number of amides is 2. The molecular formula is C19H25N5O2. The van der Waals surface area contributed by atoms with Crippen molar-refractivity contribution < 1.29 is 9.59 Å². The van der Waals surface area contributed by atoms with E-state index in [9.17, 15) is 9.59 Å². The van der Waals surface area contributed by atoms with Gasteiger partial charge in [-0.05, 0) is 43.9 Å². The second-order valence-electron chi connectivity index (χ2n) is 6.92. The summed E-state index contributed by atoms with van der Waals surface area (Å²) in [5.41, 5.74) is 2.13. The fraction of sp³-hybridized carbons (Fsp3) is 0.474. The van der Waals surface area contributed by atoms with Gasteiger partial charge >= 0.3 is 0 Å². The Morgan fingerprint density at radius 2 is 2.08 bits per heavy atom. The zero-order chi connectivity index (χ0) is 18.5. The van der Waals surface area contributed by atoms with Gasteiger partial charge in [-0.25, -0.2) is 4.98 Å². The van der Waals surface area contributed by atoms with E-state index in [0.717, 1.165) is 24.0 Å². The number of piperidine rings is 1. The third-order valence-corrected chi connectivity index (χ3v) is 4.62. The van der Waals surface area contributed by atoms with Crippen molar-refractivity contribution in [2.24, 2.45) is 5.92 Å².